The summed E-state index contributed by atoms with van der Waals surface area (Å²) in [4.78, 5) is 15.7. The first-order valence-corrected chi connectivity index (χ1v) is 13.6. The van der Waals surface area contributed by atoms with Crippen LogP contribution in [0.3, 0.4) is 0 Å². The zero-order chi connectivity index (χ0) is 26.7. The van der Waals surface area contributed by atoms with Gasteiger partial charge in [0.2, 0.25) is 5.91 Å². The average molecular weight is 556 g/mol. The predicted octanol–water partition coefficient (Wildman–Crippen LogP) is 4.83. The standard InChI is InChI=1S/C25H28F3N3O4S2/c1-17-22-5-3-4-6-23(22)36-24(17)31(37(33)34)16-20(30-13-11-29(12-14-30)18(2)32)15-19-7-9-21(10-8-19)35-25(26,27)28/h3-10,20H,11-16H2,1-2H3,(H,33,34). The van der Waals surface area contributed by atoms with Gasteiger partial charge in [-0.05, 0) is 48.1 Å². The summed E-state index contributed by atoms with van der Waals surface area (Å²) in [6.45, 7) is 5.90. The maximum Gasteiger partial charge on any atom is 0.573 e. The summed E-state index contributed by atoms with van der Waals surface area (Å²) in [5.74, 6) is -0.308. The molecule has 1 fully saturated rings. The molecule has 12 heteroatoms. The second-order valence-electron chi connectivity index (χ2n) is 8.91. The molecule has 4 rings (SSSR count). The van der Waals surface area contributed by atoms with Gasteiger partial charge in [0, 0.05) is 43.8 Å². The van der Waals surface area contributed by atoms with Gasteiger partial charge in [-0.2, -0.15) is 0 Å². The van der Waals surface area contributed by atoms with E-state index in [9.17, 15) is 26.7 Å². The monoisotopic (exact) mass is 555 g/mol. The summed E-state index contributed by atoms with van der Waals surface area (Å²) in [6.07, 6.45) is -4.34. The predicted molar refractivity (Wildman–Crippen MR) is 139 cm³/mol. The Bertz CT molecular complexity index is 1260. The van der Waals surface area contributed by atoms with Gasteiger partial charge in [0.1, 0.15) is 10.8 Å². The fourth-order valence-corrected chi connectivity index (χ4v) is 6.63. The van der Waals surface area contributed by atoms with Crippen molar-refractivity contribution in [3.63, 3.8) is 0 Å². The molecule has 1 amide bonds. The normalized spacial score (nSPS) is 16.5. The minimum absolute atomic E-state index is 0.00422. The maximum atomic E-state index is 12.6. The molecule has 37 heavy (non-hydrogen) atoms. The first-order valence-electron chi connectivity index (χ1n) is 11.7. The van der Waals surface area contributed by atoms with Gasteiger partial charge in [0.15, 0.2) is 0 Å². The SMILES string of the molecule is CC(=O)N1CCN(C(Cc2ccc(OC(F)(F)F)cc2)CN(c2sc3ccccc3c2C)S(=O)O)CC1. The number of benzene rings is 2. The summed E-state index contributed by atoms with van der Waals surface area (Å²) >= 11 is -0.851. The average Bonchev–Trinajstić information content (AvgIpc) is 3.18. The lowest BCUT2D eigenvalue weighted by atomic mass is 10.0. The van der Waals surface area contributed by atoms with Gasteiger partial charge in [-0.3, -0.25) is 18.6 Å². The van der Waals surface area contributed by atoms with Crippen LogP contribution in [0, 0.1) is 6.92 Å². The number of alkyl halides is 3. The molecule has 2 aromatic carbocycles. The third-order valence-corrected chi connectivity index (χ3v) is 8.63. The van der Waals surface area contributed by atoms with E-state index in [-0.39, 0.29) is 24.2 Å². The van der Waals surface area contributed by atoms with Crippen LogP contribution in [-0.4, -0.2) is 69.6 Å². The molecule has 1 aliphatic heterocycles. The van der Waals surface area contributed by atoms with Crippen LogP contribution in [-0.2, 0) is 22.5 Å². The third-order valence-electron chi connectivity index (χ3n) is 6.51. The fourth-order valence-electron chi connectivity index (χ4n) is 4.62. The van der Waals surface area contributed by atoms with E-state index < -0.39 is 17.6 Å². The van der Waals surface area contributed by atoms with Crippen molar-refractivity contribution in [1.29, 1.82) is 0 Å². The second-order valence-corrected chi connectivity index (χ2v) is 10.8. The van der Waals surface area contributed by atoms with Gasteiger partial charge in [-0.25, -0.2) is 4.21 Å². The molecule has 1 aliphatic rings. The number of ether oxygens (including phenoxy) is 1. The number of carbonyl (C=O) groups is 1. The molecule has 200 valence electrons. The first-order chi connectivity index (χ1) is 17.5. The molecule has 0 bridgehead atoms. The van der Waals surface area contributed by atoms with E-state index >= 15 is 0 Å². The molecule has 0 spiro atoms. The first kappa shape index (κ1) is 27.4. The summed E-state index contributed by atoms with van der Waals surface area (Å²) in [6, 6.07) is 13.3. The molecule has 2 unspecified atom stereocenters. The van der Waals surface area contributed by atoms with Crippen LogP contribution < -0.4 is 9.04 Å². The minimum atomic E-state index is -4.77. The van der Waals surface area contributed by atoms with E-state index in [0.29, 0.717) is 37.6 Å². The molecule has 7 nitrogen and oxygen atoms in total. The topological polar surface area (TPSA) is 73.3 Å². The highest BCUT2D eigenvalue weighted by molar-refractivity contribution is 7.81. The number of carbonyl (C=O) groups excluding carboxylic acids is 1. The molecule has 1 aromatic heterocycles. The molecule has 0 aliphatic carbocycles. The van der Waals surface area contributed by atoms with Crippen LogP contribution >= 0.6 is 11.3 Å². The number of rotatable bonds is 8. The van der Waals surface area contributed by atoms with Crippen LogP contribution in [0.1, 0.15) is 18.1 Å². The van der Waals surface area contributed by atoms with Crippen molar-refractivity contribution in [1.82, 2.24) is 9.80 Å². The molecule has 2 heterocycles. The van der Waals surface area contributed by atoms with Gasteiger partial charge >= 0.3 is 6.36 Å². The van der Waals surface area contributed by atoms with Crippen LogP contribution in [0.4, 0.5) is 18.2 Å². The minimum Gasteiger partial charge on any atom is -0.406 e. The van der Waals surface area contributed by atoms with Gasteiger partial charge in [0.05, 0.1) is 6.54 Å². The Balaban J connectivity index is 1.60. The van der Waals surface area contributed by atoms with Gasteiger partial charge in [-0.1, -0.05) is 30.3 Å². The Morgan fingerprint density at radius 1 is 1.14 bits per heavy atom. The number of hydrogen-bond donors (Lipinski definition) is 1. The van der Waals surface area contributed by atoms with E-state index in [1.807, 2.05) is 31.2 Å². The quantitative estimate of drug-likeness (QED) is 0.404. The number of fused-ring (bicyclic) bond motifs is 1. The third kappa shape index (κ3) is 6.81. The van der Waals surface area contributed by atoms with Crippen LogP contribution in [0.2, 0.25) is 0 Å². The summed E-state index contributed by atoms with van der Waals surface area (Å²) < 4.78 is 67.0. The van der Waals surface area contributed by atoms with Crippen molar-refractivity contribution in [2.75, 3.05) is 37.0 Å². The summed E-state index contributed by atoms with van der Waals surface area (Å²) in [5, 5.41) is 1.72. The van der Waals surface area contributed by atoms with Crippen molar-refractivity contribution in [3.05, 3.63) is 59.7 Å². The number of thiophene rings is 1. The second kappa shape index (κ2) is 11.4. The lowest BCUT2D eigenvalue weighted by molar-refractivity contribution is -0.274. The fraction of sp³-hybridized carbons (Fsp3) is 0.400. The van der Waals surface area contributed by atoms with Crippen molar-refractivity contribution >= 4 is 43.6 Å². The van der Waals surface area contributed by atoms with Gasteiger partial charge in [-0.15, -0.1) is 24.5 Å². The van der Waals surface area contributed by atoms with Crippen LogP contribution in [0.5, 0.6) is 5.75 Å². The molecule has 1 N–H and O–H groups in total. The summed E-state index contributed by atoms with van der Waals surface area (Å²) in [5.41, 5.74) is 1.68. The Labute approximate surface area is 219 Å². The highest BCUT2D eigenvalue weighted by Crippen LogP contribution is 2.38. The van der Waals surface area contributed by atoms with Gasteiger partial charge < -0.3 is 9.64 Å². The Kier molecular flexibility index (Phi) is 8.42. The van der Waals surface area contributed by atoms with E-state index in [4.69, 9.17) is 0 Å². The smallest absolute Gasteiger partial charge is 0.406 e. The highest BCUT2D eigenvalue weighted by atomic mass is 32.2. The van der Waals surface area contributed by atoms with E-state index in [2.05, 4.69) is 9.64 Å². The number of hydrogen-bond acceptors (Lipinski definition) is 5. The number of anilines is 1. The Morgan fingerprint density at radius 3 is 2.35 bits per heavy atom. The van der Waals surface area contributed by atoms with Crippen molar-refractivity contribution in [3.8, 4) is 5.75 Å². The molecule has 0 saturated carbocycles. The number of piperazine rings is 1. The van der Waals surface area contributed by atoms with Crippen molar-refractivity contribution < 1.29 is 31.5 Å². The maximum absolute atomic E-state index is 12.6. The number of aryl methyl sites for hydroxylation is 1. The number of halogens is 3. The Morgan fingerprint density at radius 2 is 1.78 bits per heavy atom. The largest absolute Gasteiger partial charge is 0.573 e. The van der Waals surface area contributed by atoms with Crippen LogP contribution in [0.25, 0.3) is 10.1 Å². The molecular formula is C25H28F3N3O4S2. The number of nitrogens with zero attached hydrogens (tertiary/aromatic N) is 3. The molecule has 0 radical (unpaired) electrons. The lowest BCUT2D eigenvalue weighted by Gasteiger charge is -2.40. The lowest BCUT2D eigenvalue weighted by Crippen LogP contribution is -2.55. The zero-order valence-electron chi connectivity index (χ0n) is 20.4. The van der Waals surface area contributed by atoms with Gasteiger partial charge in [0.25, 0.3) is 11.3 Å². The summed E-state index contributed by atoms with van der Waals surface area (Å²) in [7, 11) is 0. The highest BCUT2D eigenvalue weighted by Gasteiger charge is 2.32. The molecule has 2 atom stereocenters. The van der Waals surface area contributed by atoms with Crippen LogP contribution in [0.15, 0.2) is 48.5 Å². The van der Waals surface area contributed by atoms with E-state index in [1.165, 1.54) is 34.7 Å². The Hall–Kier alpha value is -2.67. The van der Waals surface area contributed by atoms with Crippen molar-refractivity contribution in [2.45, 2.75) is 32.7 Å². The van der Waals surface area contributed by atoms with Crippen molar-refractivity contribution in [2.24, 2.45) is 0 Å². The molecule has 3 aromatic rings. The molecular weight excluding hydrogens is 527 g/mol. The number of amides is 1. The van der Waals surface area contributed by atoms with E-state index in [1.54, 1.807) is 17.0 Å². The molecule has 1 saturated heterocycles. The van der Waals surface area contributed by atoms with E-state index in [0.717, 1.165) is 21.2 Å². The zero-order valence-corrected chi connectivity index (χ0v) is 22.0.